The van der Waals surface area contributed by atoms with E-state index in [4.69, 9.17) is 16.3 Å². The number of hydrogen-bond acceptors (Lipinski definition) is 4. The predicted octanol–water partition coefficient (Wildman–Crippen LogP) is 3.42. The molecule has 0 saturated carbocycles. The largest absolute Gasteiger partial charge is 0.330 e. The summed E-state index contributed by atoms with van der Waals surface area (Å²) in [6.07, 6.45) is 4.05. The Morgan fingerprint density at radius 1 is 1.60 bits per heavy atom. The fourth-order valence-electron chi connectivity index (χ4n) is 0.725. The number of nitrogens with one attached hydrogen (secondary N) is 1. The maximum atomic E-state index is 5.42. The van der Waals surface area contributed by atoms with E-state index >= 15 is 0 Å². The van der Waals surface area contributed by atoms with E-state index in [0.717, 1.165) is 5.75 Å². The van der Waals surface area contributed by atoms with Crippen LogP contribution in [0.5, 0.6) is 0 Å². The Labute approximate surface area is 102 Å². The molecule has 0 radical (unpaired) electrons. The summed E-state index contributed by atoms with van der Waals surface area (Å²) >= 11 is 7.12. The van der Waals surface area contributed by atoms with E-state index in [-0.39, 0.29) is 0 Å². The van der Waals surface area contributed by atoms with E-state index in [0.29, 0.717) is 6.04 Å². The molecule has 1 N–H and O–H groups in total. The van der Waals surface area contributed by atoms with Gasteiger partial charge in [-0.25, -0.2) is 0 Å². The van der Waals surface area contributed by atoms with Crippen molar-refractivity contribution < 1.29 is 4.52 Å². The molecule has 1 unspecified atom stereocenters. The van der Waals surface area contributed by atoms with Crippen LogP contribution in [-0.2, 0) is 16.3 Å². The molecule has 0 aliphatic rings. The highest BCUT2D eigenvalue weighted by atomic mass is 32.9. The minimum atomic E-state index is -1.94. The normalized spacial score (nSPS) is 15.8. The molecule has 90 valence electrons. The van der Waals surface area contributed by atoms with Crippen LogP contribution < -0.4 is 5.09 Å². The molecule has 0 spiro atoms. The topological polar surface area (TPSA) is 33.6 Å². The summed E-state index contributed by atoms with van der Waals surface area (Å²) in [6, 6.07) is 0.290. The zero-order valence-corrected chi connectivity index (χ0v) is 12.4. The van der Waals surface area contributed by atoms with Gasteiger partial charge in [-0.1, -0.05) is 24.7 Å². The third-order valence-electron chi connectivity index (χ3n) is 1.59. The second kappa shape index (κ2) is 8.57. The van der Waals surface area contributed by atoms with E-state index in [2.05, 4.69) is 17.0 Å². The molecule has 1 atom stereocenters. The van der Waals surface area contributed by atoms with E-state index in [1.807, 2.05) is 13.8 Å². The smallest absolute Gasteiger partial charge is 0.210 e. The highest BCUT2D eigenvalue weighted by Gasteiger charge is 2.14. The highest BCUT2D eigenvalue weighted by molar-refractivity contribution is 8.68. The molecule has 0 aromatic heterocycles. The summed E-state index contributed by atoms with van der Waals surface area (Å²) in [5.41, 5.74) is -1.94. The molecule has 0 heterocycles. The van der Waals surface area contributed by atoms with Crippen LogP contribution in [0.25, 0.3) is 0 Å². The standard InChI is InChI=1S/C9H21N2OPS2/c1-5-6-7-15-13(14,12-4)11-8-10-9(2)3/h8-9H,5-7H2,1-4H3,(H,10,11,14). The average molecular weight is 268 g/mol. The highest BCUT2D eigenvalue weighted by Crippen LogP contribution is 2.55. The second-order valence-corrected chi connectivity index (χ2v) is 10.2. The Bertz CT molecular complexity index is 234. The van der Waals surface area contributed by atoms with E-state index < -0.39 is 5.62 Å². The first-order valence-electron chi connectivity index (χ1n) is 5.14. The lowest BCUT2D eigenvalue weighted by Crippen LogP contribution is -2.08. The zero-order chi connectivity index (χ0) is 11.7. The summed E-state index contributed by atoms with van der Waals surface area (Å²) in [5.74, 6) is 1.05. The van der Waals surface area contributed by atoms with Crippen LogP contribution in [0.3, 0.4) is 0 Å². The molecule has 0 aliphatic heterocycles. The molecular formula is C9H21N2OPS2. The number of aliphatic imine (C=N–C) groups is 1. The molecule has 3 nitrogen and oxygen atoms in total. The van der Waals surface area contributed by atoms with Crippen molar-refractivity contribution in [1.82, 2.24) is 5.09 Å². The fraction of sp³-hybridized carbons (Fsp3) is 0.889. The van der Waals surface area contributed by atoms with Gasteiger partial charge >= 0.3 is 0 Å². The van der Waals surface area contributed by atoms with Gasteiger partial charge in [-0.2, -0.15) is 0 Å². The van der Waals surface area contributed by atoms with Crippen LogP contribution in [0.2, 0.25) is 0 Å². The van der Waals surface area contributed by atoms with Gasteiger partial charge in [0.25, 0.3) is 0 Å². The molecule has 0 saturated heterocycles. The Morgan fingerprint density at radius 3 is 2.73 bits per heavy atom. The van der Waals surface area contributed by atoms with Crippen molar-refractivity contribution in [2.45, 2.75) is 39.7 Å². The van der Waals surface area contributed by atoms with Gasteiger partial charge in [0.15, 0.2) is 0 Å². The summed E-state index contributed by atoms with van der Waals surface area (Å²) in [7, 11) is 1.66. The Morgan fingerprint density at radius 2 is 2.27 bits per heavy atom. The van der Waals surface area contributed by atoms with Crippen LogP contribution in [0, 0.1) is 0 Å². The molecule has 0 rings (SSSR count). The lowest BCUT2D eigenvalue weighted by molar-refractivity contribution is 0.467. The van der Waals surface area contributed by atoms with Gasteiger partial charge in [-0.15, -0.1) is 0 Å². The van der Waals surface area contributed by atoms with Crippen molar-refractivity contribution in [1.29, 1.82) is 0 Å². The first-order valence-corrected chi connectivity index (χ1v) is 9.45. The van der Waals surface area contributed by atoms with Crippen LogP contribution in [0.1, 0.15) is 33.6 Å². The van der Waals surface area contributed by atoms with Gasteiger partial charge in [-0.05, 0) is 32.1 Å². The van der Waals surface area contributed by atoms with Crippen LogP contribution in [0.15, 0.2) is 4.99 Å². The maximum absolute atomic E-state index is 5.42. The quantitative estimate of drug-likeness (QED) is 0.316. The molecule has 0 bridgehead atoms. The number of hydrogen-bond donors (Lipinski definition) is 1. The molecule has 15 heavy (non-hydrogen) atoms. The fourth-order valence-corrected chi connectivity index (χ4v) is 4.48. The lowest BCUT2D eigenvalue weighted by Gasteiger charge is -2.18. The van der Waals surface area contributed by atoms with Crippen molar-refractivity contribution in [3.05, 3.63) is 0 Å². The van der Waals surface area contributed by atoms with E-state index in [1.165, 1.54) is 12.8 Å². The number of unbranched alkanes of at least 4 members (excludes halogenated alkanes) is 1. The molecule has 0 aromatic carbocycles. The minimum absolute atomic E-state index is 0.290. The van der Waals surface area contributed by atoms with Gasteiger partial charge in [0.2, 0.25) is 5.62 Å². The lowest BCUT2D eigenvalue weighted by atomic mass is 10.4. The third kappa shape index (κ3) is 8.26. The first-order chi connectivity index (χ1) is 7.04. The Hall–Kier alpha value is 0.430. The average Bonchev–Trinajstić information content (AvgIpc) is 2.18. The van der Waals surface area contributed by atoms with Crippen molar-refractivity contribution in [3.63, 3.8) is 0 Å². The van der Waals surface area contributed by atoms with Crippen LogP contribution >= 0.6 is 17.0 Å². The van der Waals surface area contributed by atoms with Crippen molar-refractivity contribution >= 4 is 35.1 Å². The van der Waals surface area contributed by atoms with Crippen molar-refractivity contribution in [2.24, 2.45) is 4.99 Å². The minimum Gasteiger partial charge on any atom is -0.330 e. The maximum Gasteiger partial charge on any atom is 0.210 e. The van der Waals surface area contributed by atoms with E-state index in [1.54, 1.807) is 24.8 Å². The van der Waals surface area contributed by atoms with Gasteiger partial charge in [0.1, 0.15) is 0 Å². The number of rotatable bonds is 8. The van der Waals surface area contributed by atoms with E-state index in [9.17, 15) is 0 Å². The van der Waals surface area contributed by atoms with Crippen molar-refractivity contribution in [2.75, 3.05) is 12.9 Å². The summed E-state index contributed by atoms with van der Waals surface area (Å²) in [5, 5.41) is 3.11. The number of nitrogens with zero attached hydrogens (tertiary/aromatic N) is 1. The monoisotopic (exact) mass is 268 g/mol. The summed E-state index contributed by atoms with van der Waals surface area (Å²) in [4.78, 5) is 4.22. The second-order valence-electron chi connectivity index (χ2n) is 3.37. The third-order valence-corrected chi connectivity index (χ3v) is 7.35. The Balaban J connectivity index is 4.01. The molecule has 0 aromatic rings. The van der Waals surface area contributed by atoms with Crippen molar-refractivity contribution in [3.8, 4) is 0 Å². The zero-order valence-electron chi connectivity index (χ0n) is 9.90. The summed E-state index contributed by atoms with van der Waals surface area (Å²) < 4.78 is 5.35. The molecular weight excluding hydrogens is 247 g/mol. The predicted molar refractivity (Wildman–Crippen MR) is 75.4 cm³/mol. The van der Waals surface area contributed by atoms with Gasteiger partial charge in [0.05, 0.1) is 6.34 Å². The van der Waals surface area contributed by atoms with Gasteiger partial charge in [0, 0.05) is 18.9 Å². The summed E-state index contributed by atoms with van der Waals surface area (Å²) in [6.45, 7) is 6.22. The molecule has 0 fully saturated rings. The molecule has 6 heteroatoms. The Kier molecular flexibility index (Phi) is 8.81. The van der Waals surface area contributed by atoms with Crippen LogP contribution in [0.4, 0.5) is 0 Å². The first kappa shape index (κ1) is 15.4. The van der Waals surface area contributed by atoms with Gasteiger partial charge < -0.3 is 9.61 Å². The molecule has 0 aliphatic carbocycles. The van der Waals surface area contributed by atoms with Gasteiger partial charge in [-0.3, -0.25) is 4.99 Å². The van der Waals surface area contributed by atoms with Crippen LogP contribution in [-0.4, -0.2) is 25.2 Å². The SMILES string of the molecule is CCCCSP(=S)(NC=NC(C)C)OC. The molecule has 0 amide bonds.